The van der Waals surface area contributed by atoms with Crippen molar-refractivity contribution in [2.45, 2.75) is 32.8 Å². The van der Waals surface area contributed by atoms with Crippen molar-refractivity contribution in [3.63, 3.8) is 0 Å². The predicted molar refractivity (Wildman–Crippen MR) is 118 cm³/mol. The van der Waals surface area contributed by atoms with Crippen LogP contribution in [0.2, 0.25) is 10.2 Å². The van der Waals surface area contributed by atoms with Crippen molar-refractivity contribution in [1.29, 1.82) is 0 Å². The molecule has 1 aliphatic rings. The molecule has 1 fully saturated rings. The summed E-state index contributed by atoms with van der Waals surface area (Å²) < 4.78 is 11.4. The van der Waals surface area contributed by atoms with E-state index in [1.165, 1.54) is 0 Å². The number of nitrogens with zero attached hydrogens (tertiary/aromatic N) is 4. The van der Waals surface area contributed by atoms with Crippen LogP contribution in [0.3, 0.4) is 0 Å². The van der Waals surface area contributed by atoms with Crippen molar-refractivity contribution in [2.24, 2.45) is 0 Å². The number of ether oxygens (including phenoxy) is 2. The van der Waals surface area contributed by atoms with Crippen LogP contribution in [0.5, 0.6) is 5.88 Å². The molecule has 3 rings (SSSR count). The monoisotopic (exact) mass is 452 g/mol. The SMILES string of the molecule is CC(C)(C)OC(=O)N1CCN(c2cc(Cl)nnc2OCCc2ccc(Cl)cc2)CC1. The number of piperazine rings is 1. The molecule has 0 spiro atoms. The minimum atomic E-state index is -0.512. The number of carbonyl (C=O) groups excluding carboxylic acids is 1. The van der Waals surface area contributed by atoms with Gasteiger partial charge < -0.3 is 19.3 Å². The van der Waals surface area contributed by atoms with Gasteiger partial charge in [-0.1, -0.05) is 35.3 Å². The van der Waals surface area contributed by atoms with Crippen molar-refractivity contribution >= 4 is 35.0 Å². The first-order valence-corrected chi connectivity index (χ1v) is 10.6. The van der Waals surface area contributed by atoms with E-state index in [4.69, 9.17) is 32.7 Å². The van der Waals surface area contributed by atoms with Crippen molar-refractivity contribution < 1.29 is 14.3 Å². The van der Waals surface area contributed by atoms with E-state index in [1.54, 1.807) is 11.0 Å². The molecule has 0 atom stereocenters. The highest BCUT2D eigenvalue weighted by atomic mass is 35.5. The van der Waals surface area contributed by atoms with Gasteiger partial charge in [0.15, 0.2) is 5.15 Å². The van der Waals surface area contributed by atoms with Gasteiger partial charge in [-0.3, -0.25) is 0 Å². The molecule has 1 aliphatic heterocycles. The van der Waals surface area contributed by atoms with Gasteiger partial charge in [0.2, 0.25) is 0 Å². The normalized spacial score (nSPS) is 14.6. The fourth-order valence-corrected chi connectivity index (χ4v) is 3.32. The molecule has 2 heterocycles. The molecule has 7 nitrogen and oxygen atoms in total. The molecule has 162 valence electrons. The van der Waals surface area contributed by atoms with Gasteiger partial charge in [0.25, 0.3) is 5.88 Å². The third-order valence-electron chi connectivity index (χ3n) is 4.53. The van der Waals surface area contributed by atoms with E-state index in [-0.39, 0.29) is 6.09 Å². The van der Waals surface area contributed by atoms with Crippen molar-refractivity contribution in [3.05, 3.63) is 46.1 Å². The van der Waals surface area contributed by atoms with Crippen LogP contribution in [-0.2, 0) is 11.2 Å². The zero-order valence-corrected chi connectivity index (χ0v) is 18.9. The van der Waals surface area contributed by atoms with E-state index in [0.717, 1.165) is 11.3 Å². The van der Waals surface area contributed by atoms with Gasteiger partial charge in [-0.05, 0) is 38.5 Å². The number of anilines is 1. The quantitative estimate of drug-likeness (QED) is 0.666. The molecule has 1 aromatic carbocycles. The van der Waals surface area contributed by atoms with E-state index in [1.807, 2.05) is 45.0 Å². The first kappa shape index (κ1) is 22.4. The summed E-state index contributed by atoms with van der Waals surface area (Å²) in [4.78, 5) is 16.1. The van der Waals surface area contributed by atoms with Crippen LogP contribution < -0.4 is 9.64 Å². The molecule has 2 aromatic rings. The lowest BCUT2D eigenvalue weighted by Gasteiger charge is -2.36. The topological polar surface area (TPSA) is 67.8 Å². The van der Waals surface area contributed by atoms with Crippen LogP contribution in [0.1, 0.15) is 26.3 Å². The zero-order chi connectivity index (χ0) is 21.7. The molecular weight excluding hydrogens is 427 g/mol. The molecule has 1 amide bonds. The van der Waals surface area contributed by atoms with Gasteiger partial charge in [0.05, 0.1) is 6.61 Å². The average molecular weight is 453 g/mol. The van der Waals surface area contributed by atoms with E-state index >= 15 is 0 Å². The molecular formula is C21H26Cl2N4O3. The maximum absolute atomic E-state index is 12.3. The van der Waals surface area contributed by atoms with E-state index in [0.29, 0.717) is 55.3 Å². The Balaban J connectivity index is 1.60. The lowest BCUT2D eigenvalue weighted by Crippen LogP contribution is -2.50. The lowest BCUT2D eigenvalue weighted by molar-refractivity contribution is 0.0240. The molecule has 0 unspecified atom stereocenters. The Morgan fingerprint density at radius 3 is 2.37 bits per heavy atom. The number of aromatic nitrogens is 2. The van der Waals surface area contributed by atoms with Gasteiger partial charge in [0, 0.05) is 43.7 Å². The van der Waals surface area contributed by atoms with Crippen LogP contribution in [0.25, 0.3) is 0 Å². The maximum atomic E-state index is 12.3. The molecule has 0 aliphatic carbocycles. The number of benzene rings is 1. The molecule has 9 heteroatoms. The Morgan fingerprint density at radius 2 is 1.73 bits per heavy atom. The van der Waals surface area contributed by atoms with E-state index < -0.39 is 5.60 Å². The highest BCUT2D eigenvalue weighted by Gasteiger charge is 2.27. The smallest absolute Gasteiger partial charge is 0.410 e. The third-order valence-corrected chi connectivity index (χ3v) is 4.96. The predicted octanol–water partition coefficient (Wildman–Crippen LogP) is 4.46. The standard InChI is InChI=1S/C21H26Cl2N4O3/c1-21(2,3)30-20(28)27-11-9-26(10-12-27)17-14-18(23)24-25-19(17)29-13-8-15-4-6-16(22)7-5-15/h4-7,14H,8-13H2,1-3H3. The summed E-state index contributed by atoms with van der Waals surface area (Å²) in [5.74, 6) is 0.430. The first-order chi connectivity index (χ1) is 14.2. The third kappa shape index (κ3) is 6.37. The van der Waals surface area contributed by atoms with Gasteiger partial charge in [-0.2, -0.15) is 0 Å². The summed E-state index contributed by atoms with van der Waals surface area (Å²) in [6.07, 6.45) is 0.417. The number of hydrogen-bond donors (Lipinski definition) is 0. The second-order valence-electron chi connectivity index (χ2n) is 8.04. The molecule has 0 saturated carbocycles. The number of hydrogen-bond acceptors (Lipinski definition) is 6. The molecule has 0 bridgehead atoms. The number of carbonyl (C=O) groups is 1. The summed E-state index contributed by atoms with van der Waals surface area (Å²) in [7, 11) is 0. The fourth-order valence-electron chi connectivity index (χ4n) is 3.05. The average Bonchev–Trinajstić information content (AvgIpc) is 2.69. The van der Waals surface area contributed by atoms with Crippen LogP contribution in [0.15, 0.2) is 30.3 Å². The largest absolute Gasteiger partial charge is 0.475 e. The number of rotatable bonds is 5. The zero-order valence-electron chi connectivity index (χ0n) is 17.4. The minimum absolute atomic E-state index is 0.296. The van der Waals surface area contributed by atoms with Crippen molar-refractivity contribution in [3.8, 4) is 5.88 Å². The van der Waals surface area contributed by atoms with Crippen LogP contribution in [-0.4, -0.2) is 59.6 Å². The van der Waals surface area contributed by atoms with Crippen LogP contribution >= 0.6 is 23.2 Å². The summed E-state index contributed by atoms with van der Waals surface area (Å²) in [5.41, 5.74) is 1.38. The van der Waals surface area contributed by atoms with Gasteiger partial charge >= 0.3 is 6.09 Å². The molecule has 1 saturated heterocycles. The fraction of sp³-hybridized carbons (Fsp3) is 0.476. The Labute approximate surface area is 186 Å². The van der Waals surface area contributed by atoms with Crippen molar-refractivity contribution in [1.82, 2.24) is 15.1 Å². The van der Waals surface area contributed by atoms with E-state index in [9.17, 15) is 4.79 Å². The summed E-state index contributed by atoms with van der Waals surface area (Å²) in [6.45, 7) is 8.35. The summed E-state index contributed by atoms with van der Waals surface area (Å²) in [5, 5.41) is 9.05. The summed E-state index contributed by atoms with van der Waals surface area (Å²) >= 11 is 12.0. The lowest BCUT2D eigenvalue weighted by atomic mass is 10.2. The second kappa shape index (κ2) is 9.71. The Hall–Kier alpha value is -2.25. The molecule has 0 N–H and O–H groups in total. The Kier molecular flexibility index (Phi) is 7.26. The maximum Gasteiger partial charge on any atom is 0.410 e. The number of amides is 1. The molecule has 1 aromatic heterocycles. The highest BCUT2D eigenvalue weighted by molar-refractivity contribution is 6.30. The summed E-state index contributed by atoms with van der Waals surface area (Å²) in [6, 6.07) is 9.39. The Bertz CT molecular complexity index is 864. The van der Waals surface area contributed by atoms with Crippen LogP contribution in [0, 0.1) is 0 Å². The molecule has 0 radical (unpaired) electrons. The second-order valence-corrected chi connectivity index (χ2v) is 8.86. The van der Waals surface area contributed by atoms with Crippen molar-refractivity contribution in [2.75, 3.05) is 37.7 Å². The number of halogens is 2. The van der Waals surface area contributed by atoms with Crippen LogP contribution in [0.4, 0.5) is 10.5 Å². The molecule has 30 heavy (non-hydrogen) atoms. The minimum Gasteiger partial charge on any atom is -0.475 e. The Morgan fingerprint density at radius 1 is 1.07 bits per heavy atom. The van der Waals surface area contributed by atoms with E-state index in [2.05, 4.69) is 15.1 Å². The van der Waals surface area contributed by atoms with Gasteiger partial charge in [-0.25, -0.2) is 4.79 Å². The van der Waals surface area contributed by atoms with Gasteiger partial charge in [-0.15, -0.1) is 10.2 Å². The highest BCUT2D eigenvalue weighted by Crippen LogP contribution is 2.29. The first-order valence-electron chi connectivity index (χ1n) is 9.84. The van der Waals surface area contributed by atoms with Gasteiger partial charge in [0.1, 0.15) is 11.3 Å².